The largest absolute Gasteiger partial charge is 0.478 e. The Labute approximate surface area is 134 Å². The molecule has 0 radical (unpaired) electrons. The third-order valence-electron chi connectivity index (χ3n) is 4.88. The molecule has 0 bridgehead atoms. The van der Waals surface area contributed by atoms with Crippen molar-refractivity contribution in [3.63, 3.8) is 0 Å². The van der Waals surface area contributed by atoms with Crippen molar-refractivity contribution in [2.75, 3.05) is 22.9 Å². The second-order valence-electron chi connectivity index (χ2n) is 6.70. The number of benzene rings is 1. The Hall–Kier alpha value is -2.08. The average molecular weight is 317 g/mol. The molecule has 0 amide bonds. The van der Waals surface area contributed by atoms with Gasteiger partial charge in [0.15, 0.2) is 0 Å². The highest BCUT2D eigenvalue weighted by Crippen LogP contribution is 2.41. The lowest BCUT2D eigenvalue weighted by Gasteiger charge is -2.30. The number of fused-ring (bicyclic) bond motifs is 1. The van der Waals surface area contributed by atoms with Crippen molar-refractivity contribution in [3.8, 4) is 0 Å². The number of halogens is 1. The highest BCUT2D eigenvalue weighted by Gasteiger charge is 2.34. The maximum atomic E-state index is 14.6. The summed E-state index contributed by atoms with van der Waals surface area (Å²) in [6.07, 6.45) is 4.95. The molecule has 1 saturated heterocycles. The van der Waals surface area contributed by atoms with Crippen LogP contribution in [0.15, 0.2) is 23.9 Å². The quantitative estimate of drug-likeness (QED) is 0.890. The van der Waals surface area contributed by atoms with Gasteiger partial charge in [0.2, 0.25) is 0 Å². The lowest BCUT2D eigenvalue weighted by atomic mass is 9.98. The van der Waals surface area contributed by atoms with Crippen LogP contribution >= 0.6 is 0 Å². The highest BCUT2D eigenvalue weighted by atomic mass is 19.1. The van der Waals surface area contributed by atoms with E-state index in [1.165, 1.54) is 6.07 Å². The van der Waals surface area contributed by atoms with Crippen molar-refractivity contribution < 1.29 is 14.3 Å². The number of carbonyl (C=O) groups is 1. The Morgan fingerprint density at radius 2 is 2.04 bits per heavy atom. The molecule has 1 unspecified atom stereocenters. The standard InChI is InChI=1S/C17H20FN3O2/c18-14-6-10-5-11(17(22)23)8-21(13-1-2-13)15(10)7-16(14)20-4-3-12(19)9-20/h6-8,12-13H,1-5,9,19H2,(H,22,23). The molecule has 1 atom stereocenters. The number of anilines is 2. The van der Waals surface area contributed by atoms with E-state index in [2.05, 4.69) is 0 Å². The second-order valence-corrected chi connectivity index (χ2v) is 6.70. The Kier molecular flexibility index (Phi) is 3.30. The number of nitrogens with zero attached hydrogens (tertiary/aromatic N) is 2. The molecule has 1 aromatic rings. The SMILES string of the molecule is NC1CCN(c2cc3c(cc2F)CC(C(=O)O)=CN3C2CC2)C1. The summed E-state index contributed by atoms with van der Waals surface area (Å²) in [6, 6.07) is 3.79. The van der Waals surface area contributed by atoms with Gasteiger partial charge in [0.05, 0.1) is 11.3 Å². The third kappa shape index (κ3) is 2.57. The van der Waals surface area contributed by atoms with Gasteiger partial charge in [0, 0.05) is 43.5 Å². The number of hydrogen-bond donors (Lipinski definition) is 2. The van der Waals surface area contributed by atoms with Gasteiger partial charge in [0.25, 0.3) is 0 Å². The van der Waals surface area contributed by atoms with E-state index in [1.54, 1.807) is 6.20 Å². The van der Waals surface area contributed by atoms with Gasteiger partial charge in [-0.1, -0.05) is 0 Å². The topological polar surface area (TPSA) is 69.8 Å². The summed E-state index contributed by atoms with van der Waals surface area (Å²) in [5.41, 5.74) is 8.53. The summed E-state index contributed by atoms with van der Waals surface area (Å²) >= 11 is 0. The number of nitrogens with two attached hydrogens (primary N) is 1. The molecule has 1 aromatic carbocycles. The van der Waals surface area contributed by atoms with Crippen LogP contribution in [0.3, 0.4) is 0 Å². The molecule has 23 heavy (non-hydrogen) atoms. The second kappa shape index (κ2) is 5.23. The van der Waals surface area contributed by atoms with E-state index in [9.17, 15) is 14.3 Å². The molecule has 0 aromatic heterocycles. The fraction of sp³-hybridized carbons (Fsp3) is 0.471. The third-order valence-corrected chi connectivity index (χ3v) is 4.88. The fourth-order valence-electron chi connectivity index (χ4n) is 3.50. The number of rotatable bonds is 3. The van der Waals surface area contributed by atoms with Crippen LogP contribution in [0.4, 0.5) is 15.8 Å². The van der Waals surface area contributed by atoms with Crippen LogP contribution in [0.1, 0.15) is 24.8 Å². The Morgan fingerprint density at radius 3 is 2.65 bits per heavy atom. The highest BCUT2D eigenvalue weighted by molar-refractivity contribution is 5.90. The summed E-state index contributed by atoms with van der Waals surface area (Å²) in [7, 11) is 0. The average Bonchev–Trinajstić information content (AvgIpc) is 3.27. The first kappa shape index (κ1) is 14.5. The van der Waals surface area contributed by atoms with Crippen molar-refractivity contribution in [3.05, 3.63) is 35.3 Å². The first-order chi connectivity index (χ1) is 11.0. The zero-order chi connectivity index (χ0) is 16.1. The van der Waals surface area contributed by atoms with Gasteiger partial charge in [-0.15, -0.1) is 0 Å². The van der Waals surface area contributed by atoms with E-state index >= 15 is 0 Å². The molecule has 6 heteroatoms. The molecule has 2 heterocycles. The Morgan fingerprint density at radius 1 is 1.26 bits per heavy atom. The lowest BCUT2D eigenvalue weighted by Crippen LogP contribution is -2.29. The van der Waals surface area contributed by atoms with Crippen LogP contribution in [0, 0.1) is 5.82 Å². The zero-order valence-electron chi connectivity index (χ0n) is 12.8. The number of aliphatic carboxylic acids is 1. The summed E-state index contributed by atoms with van der Waals surface area (Å²) in [6.45, 7) is 1.42. The fourth-order valence-corrected chi connectivity index (χ4v) is 3.50. The van der Waals surface area contributed by atoms with E-state index < -0.39 is 5.97 Å². The van der Waals surface area contributed by atoms with Crippen LogP contribution in [0.25, 0.3) is 0 Å². The minimum absolute atomic E-state index is 0.0866. The van der Waals surface area contributed by atoms with Crippen LogP contribution in [0.2, 0.25) is 0 Å². The molecule has 2 aliphatic heterocycles. The molecular formula is C17H20FN3O2. The van der Waals surface area contributed by atoms with Crippen molar-refractivity contribution in [2.24, 2.45) is 5.73 Å². The van der Waals surface area contributed by atoms with E-state index in [4.69, 9.17) is 5.73 Å². The number of hydrogen-bond acceptors (Lipinski definition) is 4. The van der Waals surface area contributed by atoms with Gasteiger partial charge < -0.3 is 20.6 Å². The minimum atomic E-state index is -0.934. The molecule has 3 N–H and O–H groups in total. The molecule has 0 spiro atoms. The molecule has 3 aliphatic rings. The van der Waals surface area contributed by atoms with Gasteiger partial charge in [-0.3, -0.25) is 0 Å². The number of carboxylic acid groups (broad SMARTS) is 1. The summed E-state index contributed by atoms with van der Waals surface area (Å²) in [4.78, 5) is 15.3. The maximum Gasteiger partial charge on any atom is 0.333 e. The molecule has 4 rings (SSSR count). The lowest BCUT2D eigenvalue weighted by molar-refractivity contribution is -0.132. The van der Waals surface area contributed by atoms with E-state index in [-0.39, 0.29) is 18.3 Å². The molecule has 1 saturated carbocycles. The van der Waals surface area contributed by atoms with Crippen molar-refractivity contribution in [1.82, 2.24) is 0 Å². The van der Waals surface area contributed by atoms with Crippen molar-refractivity contribution >= 4 is 17.3 Å². The summed E-state index contributed by atoms with van der Waals surface area (Å²) < 4.78 is 14.6. The van der Waals surface area contributed by atoms with Crippen molar-refractivity contribution in [1.29, 1.82) is 0 Å². The molecule has 5 nitrogen and oxygen atoms in total. The molecule has 2 fully saturated rings. The van der Waals surface area contributed by atoms with Crippen LogP contribution in [0.5, 0.6) is 0 Å². The Balaban J connectivity index is 1.74. The van der Waals surface area contributed by atoms with E-state index in [0.717, 1.165) is 37.1 Å². The van der Waals surface area contributed by atoms with Crippen molar-refractivity contribution in [2.45, 2.75) is 37.8 Å². The molecule has 122 valence electrons. The minimum Gasteiger partial charge on any atom is -0.478 e. The predicted octanol–water partition coefficient (Wildman–Crippen LogP) is 1.86. The van der Waals surface area contributed by atoms with Gasteiger partial charge in [-0.2, -0.15) is 0 Å². The van der Waals surface area contributed by atoms with Crippen LogP contribution in [-0.2, 0) is 11.2 Å². The zero-order valence-corrected chi connectivity index (χ0v) is 12.8. The van der Waals surface area contributed by atoms with Gasteiger partial charge >= 0.3 is 5.97 Å². The maximum absolute atomic E-state index is 14.6. The molecule has 1 aliphatic carbocycles. The van der Waals surface area contributed by atoms with E-state index in [1.807, 2.05) is 15.9 Å². The van der Waals surface area contributed by atoms with Crippen LogP contribution < -0.4 is 15.5 Å². The summed E-state index contributed by atoms with van der Waals surface area (Å²) in [5.74, 6) is -1.23. The number of carboxylic acids is 1. The first-order valence-corrected chi connectivity index (χ1v) is 8.08. The van der Waals surface area contributed by atoms with Crippen LogP contribution in [-0.4, -0.2) is 36.2 Å². The monoisotopic (exact) mass is 317 g/mol. The molecular weight excluding hydrogens is 297 g/mol. The van der Waals surface area contributed by atoms with Gasteiger partial charge in [0.1, 0.15) is 5.82 Å². The summed E-state index contributed by atoms with van der Waals surface area (Å²) in [5, 5.41) is 9.30. The van der Waals surface area contributed by atoms with E-state index in [0.29, 0.717) is 23.8 Å². The normalized spacial score (nSPS) is 23.7. The van der Waals surface area contributed by atoms with Gasteiger partial charge in [-0.25, -0.2) is 9.18 Å². The first-order valence-electron chi connectivity index (χ1n) is 8.08. The predicted molar refractivity (Wildman–Crippen MR) is 86.1 cm³/mol. The van der Waals surface area contributed by atoms with Gasteiger partial charge in [-0.05, 0) is 37.0 Å². The smallest absolute Gasteiger partial charge is 0.333 e. The Bertz CT molecular complexity index is 699.